The number of hydrogen-bond acceptors (Lipinski definition) is 4. The Morgan fingerprint density at radius 2 is 1.66 bits per heavy atom. The minimum atomic E-state index is -4.04. The summed E-state index contributed by atoms with van der Waals surface area (Å²) in [6, 6.07) is 23.3. The van der Waals surface area contributed by atoms with Gasteiger partial charge in [0.1, 0.15) is 6.54 Å². The van der Waals surface area contributed by atoms with Crippen molar-refractivity contribution in [2.24, 2.45) is 5.10 Å². The number of nitrogens with one attached hydrogen (secondary N) is 1. The maximum Gasteiger partial charge on any atom is 0.264 e. The molecule has 1 amide bonds. The summed E-state index contributed by atoms with van der Waals surface area (Å²) in [5, 5.41) is 4.59. The monoisotopic (exact) mass is 548 g/mol. The molecule has 1 aromatic heterocycles. The van der Waals surface area contributed by atoms with Gasteiger partial charge in [-0.2, -0.15) is 5.10 Å². The number of nitrogens with zero attached hydrogens (tertiary/aromatic N) is 3. The van der Waals surface area contributed by atoms with Gasteiger partial charge < -0.3 is 4.57 Å². The molecule has 38 heavy (non-hydrogen) atoms. The predicted molar refractivity (Wildman–Crippen MR) is 153 cm³/mol. The lowest BCUT2D eigenvalue weighted by molar-refractivity contribution is -0.119. The zero-order chi connectivity index (χ0) is 27.4. The van der Waals surface area contributed by atoms with Gasteiger partial charge in [-0.25, -0.2) is 13.8 Å². The number of halogens is 1. The molecule has 1 N–H and O–H groups in total. The number of sulfonamides is 1. The first-order chi connectivity index (χ1) is 18.1. The summed E-state index contributed by atoms with van der Waals surface area (Å²) in [5.41, 5.74) is 8.25. The number of carbonyl (C=O) groups excluding carboxylic acids is 1. The SMILES string of the molecule is Cc1ccc(S(=O)(=O)N(CC(=O)N/N=C\c2cc(C)n(-c3ccccc3)c2C)c2ccc(Cl)cc2C)cc1. The van der Waals surface area contributed by atoms with Crippen LogP contribution in [0.3, 0.4) is 0 Å². The van der Waals surface area contributed by atoms with Gasteiger partial charge >= 0.3 is 0 Å². The van der Waals surface area contributed by atoms with E-state index < -0.39 is 22.5 Å². The molecular weight excluding hydrogens is 520 g/mol. The van der Waals surface area contributed by atoms with Gasteiger partial charge in [-0.3, -0.25) is 9.10 Å². The molecule has 0 spiro atoms. The minimum absolute atomic E-state index is 0.0853. The van der Waals surface area contributed by atoms with E-state index >= 15 is 0 Å². The molecule has 0 atom stereocenters. The van der Waals surface area contributed by atoms with Crippen LogP contribution >= 0.6 is 11.6 Å². The fourth-order valence-corrected chi connectivity index (χ4v) is 5.98. The molecule has 0 aliphatic carbocycles. The molecule has 0 aliphatic heterocycles. The van der Waals surface area contributed by atoms with E-state index in [2.05, 4.69) is 15.1 Å². The van der Waals surface area contributed by atoms with Gasteiger partial charge in [0.15, 0.2) is 0 Å². The average molecular weight is 549 g/mol. The molecule has 196 valence electrons. The van der Waals surface area contributed by atoms with Gasteiger partial charge in [-0.1, -0.05) is 47.5 Å². The third-order valence-corrected chi connectivity index (χ3v) is 8.21. The van der Waals surface area contributed by atoms with E-state index in [1.54, 1.807) is 43.5 Å². The number of rotatable bonds is 8. The van der Waals surface area contributed by atoms with Crippen LogP contribution in [0.4, 0.5) is 5.69 Å². The summed E-state index contributed by atoms with van der Waals surface area (Å²) in [6.07, 6.45) is 1.56. The molecule has 4 rings (SSSR count). The van der Waals surface area contributed by atoms with Crippen molar-refractivity contribution in [1.29, 1.82) is 0 Å². The Morgan fingerprint density at radius 3 is 2.32 bits per heavy atom. The number of aromatic nitrogens is 1. The van der Waals surface area contributed by atoms with E-state index in [4.69, 9.17) is 11.6 Å². The second kappa shape index (κ2) is 11.2. The topological polar surface area (TPSA) is 83.8 Å². The Morgan fingerprint density at radius 1 is 0.974 bits per heavy atom. The number of hydrazone groups is 1. The third-order valence-electron chi connectivity index (χ3n) is 6.20. The standard InChI is InChI=1S/C29H29ClN4O3S/c1-20-10-13-27(14-11-20)38(36,37)33(28-15-12-25(30)16-21(28)2)19-29(35)32-31-18-24-17-22(3)34(23(24)4)26-8-6-5-7-9-26/h5-18H,19H2,1-4H3,(H,32,35)/b31-18-. The fraction of sp³-hybridized carbons (Fsp3) is 0.172. The maximum absolute atomic E-state index is 13.6. The van der Waals surface area contributed by atoms with E-state index in [0.29, 0.717) is 16.3 Å². The quantitative estimate of drug-likeness (QED) is 0.226. The zero-order valence-corrected chi connectivity index (χ0v) is 23.2. The lowest BCUT2D eigenvalue weighted by Crippen LogP contribution is -2.40. The maximum atomic E-state index is 13.6. The van der Waals surface area contributed by atoms with Crippen LogP contribution in [0.1, 0.15) is 28.1 Å². The van der Waals surface area contributed by atoms with Crippen molar-refractivity contribution in [1.82, 2.24) is 9.99 Å². The van der Waals surface area contributed by atoms with Crippen molar-refractivity contribution < 1.29 is 13.2 Å². The second-order valence-electron chi connectivity index (χ2n) is 9.05. The third kappa shape index (κ3) is 5.82. The summed E-state index contributed by atoms with van der Waals surface area (Å²) in [4.78, 5) is 13.0. The van der Waals surface area contributed by atoms with Gasteiger partial charge in [-0.15, -0.1) is 0 Å². The van der Waals surface area contributed by atoms with Crippen molar-refractivity contribution in [2.45, 2.75) is 32.6 Å². The highest BCUT2D eigenvalue weighted by Crippen LogP contribution is 2.29. The van der Waals surface area contributed by atoms with E-state index in [9.17, 15) is 13.2 Å². The predicted octanol–water partition coefficient (Wildman–Crippen LogP) is 5.71. The Balaban J connectivity index is 1.58. The molecule has 7 nitrogen and oxygen atoms in total. The van der Waals surface area contributed by atoms with Crippen molar-refractivity contribution in [3.05, 3.63) is 112 Å². The molecule has 0 bridgehead atoms. The van der Waals surface area contributed by atoms with E-state index in [1.165, 1.54) is 12.1 Å². The fourth-order valence-electron chi connectivity index (χ4n) is 4.27. The highest BCUT2D eigenvalue weighted by atomic mass is 35.5. The van der Waals surface area contributed by atoms with Gasteiger partial charge in [0.05, 0.1) is 16.8 Å². The number of anilines is 1. The summed E-state index contributed by atoms with van der Waals surface area (Å²) in [7, 11) is -4.04. The van der Waals surface area contributed by atoms with Crippen LogP contribution in [0, 0.1) is 27.7 Å². The van der Waals surface area contributed by atoms with Gasteiger partial charge in [0.25, 0.3) is 15.9 Å². The van der Waals surface area contributed by atoms with Crippen molar-refractivity contribution in [3.8, 4) is 5.69 Å². The number of hydrogen-bond donors (Lipinski definition) is 1. The van der Waals surface area contributed by atoms with Crippen LogP contribution in [-0.2, 0) is 14.8 Å². The molecule has 0 unspecified atom stereocenters. The summed E-state index contributed by atoms with van der Waals surface area (Å²) >= 11 is 6.10. The van der Waals surface area contributed by atoms with Crippen LogP contribution in [0.15, 0.2) is 88.9 Å². The Hall–Kier alpha value is -3.88. The molecule has 0 aliphatic rings. The van der Waals surface area contributed by atoms with E-state index in [0.717, 1.165) is 32.5 Å². The molecule has 9 heteroatoms. The smallest absolute Gasteiger partial charge is 0.264 e. The average Bonchev–Trinajstić information content (AvgIpc) is 3.16. The Labute approximate surface area is 228 Å². The molecule has 0 fully saturated rings. The Bertz CT molecular complexity index is 1600. The molecular formula is C29H29ClN4O3S. The zero-order valence-electron chi connectivity index (χ0n) is 21.6. The first kappa shape index (κ1) is 27.2. The first-order valence-corrected chi connectivity index (χ1v) is 13.8. The van der Waals surface area contributed by atoms with Crippen molar-refractivity contribution in [2.75, 3.05) is 10.8 Å². The summed E-state index contributed by atoms with van der Waals surface area (Å²) in [5.74, 6) is -0.580. The summed E-state index contributed by atoms with van der Waals surface area (Å²) in [6.45, 7) is 7.14. The number of para-hydroxylation sites is 1. The number of aryl methyl sites for hydroxylation is 3. The second-order valence-corrected chi connectivity index (χ2v) is 11.3. The Kier molecular flexibility index (Phi) is 8.04. The highest BCUT2D eigenvalue weighted by molar-refractivity contribution is 7.92. The van der Waals surface area contributed by atoms with Crippen LogP contribution in [0.2, 0.25) is 5.02 Å². The van der Waals surface area contributed by atoms with Crippen molar-refractivity contribution >= 4 is 39.4 Å². The largest absolute Gasteiger partial charge is 0.318 e. The molecule has 3 aromatic carbocycles. The van der Waals surface area contributed by atoms with Gasteiger partial charge in [0.2, 0.25) is 0 Å². The van der Waals surface area contributed by atoms with E-state index in [1.807, 2.05) is 57.2 Å². The first-order valence-electron chi connectivity index (χ1n) is 12.0. The highest BCUT2D eigenvalue weighted by Gasteiger charge is 2.28. The minimum Gasteiger partial charge on any atom is -0.318 e. The lowest BCUT2D eigenvalue weighted by atomic mass is 10.2. The molecule has 0 saturated carbocycles. The molecule has 1 heterocycles. The van der Waals surface area contributed by atoms with Crippen LogP contribution in [0.25, 0.3) is 5.69 Å². The number of benzene rings is 3. The number of carbonyl (C=O) groups is 1. The summed E-state index contributed by atoms with van der Waals surface area (Å²) < 4.78 is 30.4. The molecule has 0 saturated heterocycles. The lowest BCUT2D eigenvalue weighted by Gasteiger charge is -2.25. The van der Waals surface area contributed by atoms with Crippen molar-refractivity contribution in [3.63, 3.8) is 0 Å². The van der Waals surface area contributed by atoms with Gasteiger partial charge in [0, 0.05) is 27.7 Å². The van der Waals surface area contributed by atoms with Crippen LogP contribution < -0.4 is 9.73 Å². The van der Waals surface area contributed by atoms with E-state index in [-0.39, 0.29) is 4.90 Å². The normalized spacial score (nSPS) is 11.6. The van der Waals surface area contributed by atoms with Crippen LogP contribution in [0.5, 0.6) is 0 Å². The van der Waals surface area contributed by atoms with Crippen LogP contribution in [-0.4, -0.2) is 31.7 Å². The molecule has 4 aromatic rings. The van der Waals surface area contributed by atoms with Gasteiger partial charge in [-0.05, 0) is 81.8 Å². The molecule has 0 radical (unpaired) electrons. The number of amides is 1.